The summed E-state index contributed by atoms with van der Waals surface area (Å²) in [4.78, 5) is 11.1. The van der Waals surface area contributed by atoms with Crippen LogP contribution in [0.5, 0.6) is 0 Å². The van der Waals surface area contributed by atoms with Gasteiger partial charge in [-0.1, -0.05) is 36.8 Å². The molecule has 2 aromatic rings. The van der Waals surface area contributed by atoms with Gasteiger partial charge in [-0.25, -0.2) is 4.98 Å². The number of hydrogen-bond donors (Lipinski definition) is 2. The van der Waals surface area contributed by atoms with Crippen LogP contribution in [0, 0.1) is 0 Å². The highest BCUT2D eigenvalue weighted by atomic mass is 15.2. The molecule has 0 saturated carbocycles. The molecule has 0 radical (unpaired) electrons. The van der Waals surface area contributed by atoms with Gasteiger partial charge < -0.3 is 10.3 Å². The van der Waals surface area contributed by atoms with Gasteiger partial charge >= 0.3 is 0 Å². The largest absolute Gasteiger partial charge is 0.340 e. The minimum Gasteiger partial charge on any atom is -0.340 e. The zero-order valence-corrected chi connectivity index (χ0v) is 12.3. The molecule has 4 heteroatoms. The number of H-pyrrole nitrogens is 1. The van der Waals surface area contributed by atoms with Crippen molar-refractivity contribution < 1.29 is 0 Å². The van der Waals surface area contributed by atoms with E-state index in [-0.39, 0.29) is 0 Å². The summed E-state index contributed by atoms with van der Waals surface area (Å²) in [5, 5.41) is 3.54. The van der Waals surface area contributed by atoms with Crippen LogP contribution < -0.4 is 5.32 Å². The fourth-order valence-corrected chi connectivity index (χ4v) is 3.53. The third kappa shape index (κ3) is 2.49. The van der Waals surface area contributed by atoms with Gasteiger partial charge in [-0.15, -0.1) is 0 Å². The van der Waals surface area contributed by atoms with Gasteiger partial charge in [0.25, 0.3) is 0 Å². The number of rotatable bonds is 2. The molecule has 2 aliphatic rings. The minimum atomic E-state index is 0.433. The molecule has 21 heavy (non-hydrogen) atoms. The zero-order chi connectivity index (χ0) is 14.1. The highest BCUT2D eigenvalue weighted by Gasteiger charge is 2.29. The summed E-state index contributed by atoms with van der Waals surface area (Å²) in [5.41, 5.74) is 3.69. The van der Waals surface area contributed by atoms with Gasteiger partial charge in [0.05, 0.1) is 17.4 Å². The van der Waals surface area contributed by atoms with Crippen LogP contribution in [0.1, 0.15) is 36.7 Å². The lowest BCUT2D eigenvalue weighted by molar-refractivity contribution is 0.151. The van der Waals surface area contributed by atoms with Crippen molar-refractivity contribution in [3.8, 4) is 11.4 Å². The van der Waals surface area contributed by atoms with Gasteiger partial charge in [0.1, 0.15) is 5.82 Å². The number of likely N-dealkylation sites (tertiary alicyclic amines) is 1. The lowest BCUT2D eigenvalue weighted by Gasteiger charge is -2.36. The number of hydrogen-bond acceptors (Lipinski definition) is 3. The normalized spacial score (nSPS) is 23.0. The Labute approximate surface area is 125 Å². The van der Waals surface area contributed by atoms with E-state index < -0.39 is 0 Å². The van der Waals surface area contributed by atoms with Crippen LogP contribution in [0.25, 0.3) is 11.4 Å². The molecule has 0 aliphatic carbocycles. The first-order valence-electron chi connectivity index (χ1n) is 8.01. The first kappa shape index (κ1) is 13.0. The van der Waals surface area contributed by atoms with Crippen molar-refractivity contribution in [2.45, 2.75) is 31.8 Å². The molecular formula is C17H22N4. The molecule has 1 aromatic carbocycles. The average molecular weight is 282 g/mol. The standard InChI is InChI=1S/C17H22N4/c1-3-7-13(8-4-1)17-19-14-11-18-12-15(16(14)20-17)21-9-5-2-6-10-21/h1,3-4,7-8,15,18H,2,5-6,9-12H2,(H,19,20). The Hall–Kier alpha value is -1.65. The van der Waals surface area contributed by atoms with Gasteiger partial charge in [0.2, 0.25) is 0 Å². The van der Waals surface area contributed by atoms with E-state index in [0.717, 1.165) is 18.9 Å². The van der Waals surface area contributed by atoms with E-state index in [4.69, 9.17) is 4.98 Å². The lowest BCUT2D eigenvalue weighted by Crippen LogP contribution is -2.42. The van der Waals surface area contributed by atoms with E-state index in [0.29, 0.717) is 6.04 Å². The van der Waals surface area contributed by atoms with Gasteiger partial charge in [0, 0.05) is 18.7 Å². The van der Waals surface area contributed by atoms with Crippen LogP contribution in [0.4, 0.5) is 0 Å². The SMILES string of the molecule is c1ccc(-c2nc3c([nH]2)CNCC3N2CCCCC2)cc1. The molecule has 0 spiro atoms. The number of fused-ring (bicyclic) bond motifs is 1. The quantitative estimate of drug-likeness (QED) is 0.890. The molecule has 0 amide bonds. The molecule has 110 valence electrons. The first-order valence-corrected chi connectivity index (χ1v) is 8.01. The Bertz CT molecular complexity index is 599. The number of nitrogens with zero attached hydrogens (tertiary/aromatic N) is 2. The minimum absolute atomic E-state index is 0.433. The number of aromatic nitrogens is 2. The van der Waals surface area contributed by atoms with Gasteiger partial charge in [-0.3, -0.25) is 4.90 Å². The Morgan fingerprint density at radius 1 is 1.05 bits per heavy atom. The monoisotopic (exact) mass is 282 g/mol. The van der Waals surface area contributed by atoms with Crippen LogP contribution in [-0.4, -0.2) is 34.5 Å². The van der Waals surface area contributed by atoms with Gasteiger partial charge in [0.15, 0.2) is 0 Å². The Morgan fingerprint density at radius 2 is 1.86 bits per heavy atom. The number of nitrogens with one attached hydrogen (secondary N) is 2. The number of aromatic amines is 1. The van der Waals surface area contributed by atoms with Crippen molar-refractivity contribution >= 4 is 0 Å². The predicted octanol–water partition coefficient (Wildman–Crippen LogP) is 2.71. The van der Waals surface area contributed by atoms with E-state index in [1.165, 1.54) is 49.3 Å². The summed E-state index contributed by atoms with van der Waals surface area (Å²) in [7, 11) is 0. The molecule has 2 N–H and O–H groups in total. The predicted molar refractivity (Wildman–Crippen MR) is 83.9 cm³/mol. The highest BCUT2D eigenvalue weighted by molar-refractivity contribution is 5.56. The molecule has 0 bridgehead atoms. The molecule has 4 nitrogen and oxygen atoms in total. The summed E-state index contributed by atoms with van der Waals surface area (Å²) in [6.45, 7) is 4.34. The molecule has 3 heterocycles. The van der Waals surface area contributed by atoms with Crippen molar-refractivity contribution in [3.05, 3.63) is 41.7 Å². The van der Waals surface area contributed by atoms with Crippen molar-refractivity contribution in [2.75, 3.05) is 19.6 Å². The average Bonchev–Trinajstić information content (AvgIpc) is 3.00. The molecule has 1 atom stereocenters. The summed E-state index contributed by atoms with van der Waals surface area (Å²) >= 11 is 0. The van der Waals surface area contributed by atoms with Crippen LogP contribution in [0.2, 0.25) is 0 Å². The van der Waals surface area contributed by atoms with Gasteiger partial charge in [-0.05, 0) is 25.9 Å². The zero-order valence-electron chi connectivity index (χ0n) is 12.3. The molecule has 2 aliphatic heterocycles. The van der Waals surface area contributed by atoms with E-state index in [1.54, 1.807) is 0 Å². The summed E-state index contributed by atoms with van der Waals surface area (Å²) in [6, 6.07) is 10.8. The van der Waals surface area contributed by atoms with Crippen LogP contribution in [0.3, 0.4) is 0 Å². The second-order valence-electron chi connectivity index (χ2n) is 6.06. The maximum absolute atomic E-state index is 4.94. The maximum atomic E-state index is 4.94. The fourth-order valence-electron chi connectivity index (χ4n) is 3.53. The third-order valence-corrected chi connectivity index (χ3v) is 4.64. The summed E-state index contributed by atoms with van der Waals surface area (Å²) in [6.07, 6.45) is 4.02. The smallest absolute Gasteiger partial charge is 0.137 e. The maximum Gasteiger partial charge on any atom is 0.137 e. The number of imidazole rings is 1. The molecule has 1 saturated heterocycles. The molecule has 1 fully saturated rings. The van der Waals surface area contributed by atoms with Crippen LogP contribution in [0.15, 0.2) is 30.3 Å². The van der Waals surface area contributed by atoms with E-state index in [1.807, 2.05) is 6.07 Å². The van der Waals surface area contributed by atoms with Gasteiger partial charge in [-0.2, -0.15) is 0 Å². The molecule has 4 rings (SSSR count). The van der Waals surface area contributed by atoms with Crippen LogP contribution in [-0.2, 0) is 6.54 Å². The van der Waals surface area contributed by atoms with Crippen molar-refractivity contribution in [2.24, 2.45) is 0 Å². The van der Waals surface area contributed by atoms with Crippen molar-refractivity contribution in [1.82, 2.24) is 20.2 Å². The fraction of sp³-hybridized carbons (Fsp3) is 0.471. The van der Waals surface area contributed by atoms with Crippen molar-refractivity contribution in [3.63, 3.8) is 0 Å². The second kappa shape index (κ2) is 5.62. The Kier molecular flexibility index (Phi) is 3.49. The second-order valence-corrected chi connectivity index (χ2v) is 6.06. The third-order valence-electron chi connectivity index (χ3n) is 4.64. The van der Waals surface area contributed by atoms with Crippen molar-refractivity contribution in [1.29, 1.82) is 0 Å². The number of piperidine rings is 1. The van der Waals surface area contributed by atoms with E-state index >= 15 is 0 Å². The molecular weight excluding hydrogens is 260 g/mol. The summed E-state index contributed by atoms with van der Waals surface area (Å²) in [5.74, 6) is 1.01. The molecule has 1 unspecified atom stereocenters. The van der Waals surface area contributed by atoms with Crippen LogP contribution >= 0.6 is 0 Å². The highest BCUT2D eigenvalue weighted by Crippen LogP contribution is 2.30. The first-order chi connectivity index (χ1) is 10.4. The Morgan fingerprint density at radius 3 is 2.67 bits per heavy atom. The van der Waals surface area contributed by atoms with E-state index in [9.17, 15) is 0 Å². The summed E-state index contributed by atoms with van der Waals surface area (Å²) < 4.78 is 0. The Balaban J connectivity index is 1.66. The van der Waals surface area contributed by atoms with E-state index in [2.05, 4.69) is 39.5 Å². The molecule has 1 aromatic heterocycles. The lowest BCUT2D eigenvalue weighted by atomic mass is 10.0. The number of benzene rings is 1. The topological polar surface area (TPSA) is 44.0 Å².